The lowest BCUT2D eigenvalue weighted by atomic mass is 10.1. The lowest BCUT2D eigenvalue weighted by molar-refractivity contribution is -0.140. The Kier molecular flexibility index (Phi) is 10.7. The molecule has 0 saturated heterocycles. The van der Waals surface area contributed by atoms with Crippen molar-refractivity contribution in [3.8, 4) is 5.75 Å². The summed E-state index contributed by atoms with van der Waals surface area (Å²) in [5, 5.41) is 2.91. The van der Waals surface area contributed by atoms with Crippen molar-refractivity contribution in [1.82, 2.24) is 10.2 Å². The van der Waals surface area contributed by atoms with Crippen LogP contribution >= 0.6 is 0 Å². The highest BCUT2D eigenvalue weighted by molar-refractivity contribution is 7.92. The molecule has 0 aliphatic rings. The van der Waals surface area contributed by atoms with Crippen LogP contribution in [0.5, 0.6) is 5.75 Å². The number of halogens is 1. The van der Waals surface area contributed by atoms with E-state index in [2.05, 4.69) is 5.32 Å². The van der Waals surface area contributed by atoms with Crippen molar-refractivity contribution < 1.29 is 27.1 Å². The largest absolute Gasteiger partial charge is 0.497 e. The summed E-state index contributed by atoms with van der Waals surface area (Å²) in [6.45, 7) is 5.64. The summed E-state index contributed by atoms with van der Waals surface area (Å²) in [7, 11) is -2.20. The summed E-state index contributed by atoms with van der Waals surface area (Å²) in [5.74, 6) is -0.561. The van der Waals surface area contributed by atoms with Crippen LogP contribution in [0.25, 0.3) is 0 Å². The highest BCUT2D eigenvalue weighted by atomic mass is 32.2. The number of methoxy groups -OCH3 is 1. The maximum Gasteiger partial charge on any atom is 0.242 e. The van der Waals surface area contributed by atoms with E-state index in [-0.39, 0.29) is 49.5 Å². The fourth-order valence-electron chi connectivity index (χ4n) is 3.61. The Bertz CT molecular complexity index is 1120. The molecule has 0 unspecified atom stereocenters. The molecule has 2 amide bonds. The minimum absolute atomic E-state index is 0.0163. The first-order chi connectivity index (χ1) is 17.0. The second-order valence-corrected chi connectivity index (χ2v) is 10.7. The normalized spacial score (nSPS) is 12.9. The first kappa shape index (κ1) is 29.1. The van der Waals surface area contributed by atoms with Gasteiger partial charge >= 0.3 is 0 Å². The predicted molar refractivity (Wildman–Crippen MR) is 139 cm³/mol. The lowest BCUT2D eigenvalue weighted by Gasteiger charge is -2.30. The molecule has 8 nitrogen and oxygen atoms in total. The van der Waals surface area contributed by atoms with E-state index in [0.29, 0.717) is 5.75 Å². The number of amides is 2. The average molecular weight is 522 g/mol. The van der Waals surface area contributed by atoms with Crippen LogP contribution < -0.4 is 14.4 Å². The number of carbonyl (C=O) groups is 2. The quantitative estimate of drug-likeness (QED) is 0.434. The number of ether oxygens (including phenoxy) is 1. The zero-order chi connectivity index (χ0) is 26.9. The first-order valence-corrected chi connectivity index (χ1v) is 13.8. The highest BCUT2D eigenvalue weighted by Gasteiger charge is 2.27. The van der Waals surface area contributed by atoms with Crippen molar-refractivity contribution in [3.63, 3.8) is 0 Å². The van der Waals surface area contributed by atoms with E-state index in [0.717, 1.165) is 22.5 Å². The fraction of sp³-hybridized carbons (Fsp3) is 0.462. The topological polar surface area (TPSA) is 96.0 Å². The van der Waals surface area contributed by atoms with Gasteiger partial charge in [-0.1, -0.05) is 31.2 Å². The predicted octanol–water partition coefficient (Wildman–Crippen LogP) is 3.71. The summed E-state index contributed by atoms with van der Waals surface area (Å²) in [4.78, 5) is 27.6. The molecule has 0 heterocycles. The van der Waals surface area contributed by atoms with Crippen LogP contribution in [-0.2, 0) is 26.2 Å². The molecule has 0 saturated carbocycles. The molecule has 0 spiro atoms. The number of hydrogen-bond donors (Lipinski definition) is 1. The highest BCUT2D eigenvalue weighted by Crippen LogP contribution is 2.22. The van der Waals surface area contributed by atoms with Gasteiger partial charge in [0.2, 0.25) is 21.8 Å². The maximum atomic E-state index is 14.3. The van der Waals surface area contributed by atoms with Gasteiger partial charge < -0.3 is 15.0 Å². The van der Waals surface area contributed by atoms with Crippen LogP contribution in [0.4, 0.5) is 10.1 Å². The Labute approximate surface area is 213 Å². The van der Waals surface area contributed by atoms with Gasteiger partial charge in [0.1, 0.15) is 17.6 Å². The van der Waals surface area contributed by atoms with Crippen LogP contribution in [0.15, 0.2) is 48.5 Å². The summed E-state index contributed by atoms with van der Waals surface area (Å²) >= 11 is 0. The Balaban J connectivity index is 2.19. The zero-order valence-electron chi connectivity index (χ0n) is 21.5. The Morgan fingerprint density at radius 2 is 1.72 bits per heavy atom. The zero-order valence-corrected chi connectivity index (χ0v) is 22.3. The third-order valence-electron chi connectivity index (χ3n) is 5.95. The Hall–Kier alpha value is -3.14. The molecule has 0 radical (unpaired) electrons. The van der Waals surface area contributed by atoms with Crippen molar-refractivity contribution in [2.45, 2.75) is 58.7 Å². The van der Waals surface area contributed by atoms with Gasteiger partial charge in [-0.25, -0.2) is 12.8 Å². The monoisotopic (exact) mass is 521 g/mol. The van der Waals surface area contributed by atoms with Gasteiger partial charge in [-0.2, -0.15) is 0 Å². The Morgan fingerprint density at radius 3 is 2.28 bits per heavy atom. The minimum Gasteiger partial charge on any atom is -0.497 e. The number of nitrogens with one attached hydrogen (secondary N) is 1. The number of rotatable bonds is 13. The summed E-state index contributed by atoms with van der Waals surface area (Å²) in [6.07, 6.45) is 1.89. The minimum atomic E-state index is -3.77. The van der Waals surface area contributed by atoms with Crippen LogP contribution in [0, 0.1) is 5.82 Å². The molecule has 10 heteroatoms. The number of nitrogens with zero attached hydrogens (tertiary/aromatic N) is 2. The van der Waals surface area contributed by atoms with Gasteiger partial charge in [0.15, 0.2) is 0 Å². The number of hydrogen-bond acceptors (Lipinski definition) is 5. The van der Waals surface area contributed by atoms with E-state index >= 15 is 0 Å². The van der Waals surface area contributed by atoms with Crippen molar-refractivity contribution in [2.75, 3.05) is 24.2 Å². The third-order valence-corrected chi connectivity index (χ3v) is 7.13. The number of carbonyl (C=O) groups excluding carboxylic acids is 2. The van der Waals surface area contributed by atoms with Crippen LogP contribution in [0.1, 0.15) is 45.6 Å². The molecule has 0 bridgehead atoms. The second kappa shape index (κ2) is 13.2. The van der Waals surface area contributed by atoms with Gasteiger partial charge in [0, 0.05) is 25.6 Å². The second-order valence-electron chi connectivity index (χ2n) is 8.75. The van der Waals surface area contributed by atoms with Crippen LogP contribution in [0.2, 0.25) is 0 Å². The summed E-state index contributed by atoms with van der Waals surface area (Å²) in [5.41, 5.74) is 0.750. The van der Waals surface area contributed by atoms with E-state index in [4.69, 9.17) is 4.74 Å². The fourth-order valence-corrected chi connectivity index (χ4v) is 4.58. The molecule has 0 aliphatic heterocycles. The molecular weight excluding hydrogens is 485 g/mol. The SMILES string of the molecule is CC[C@H](C)NC(=O)[C@H](C)N(Cc1ccc(OC)cc1)C(=O)CCCN(c1ccccc1F)S(C)(=O)=O. The summed E-state index contributed by atoms with van der Waals surface area (Å²) in [6, 6.07) is 12.0. The average Bonchev–Trinajstić information content (AvgIpc) is 2.84. The van der Waals surface area contributed by atoms with Gasteiger partial charge in [-0.15, -0.1) is 0 Å². The van der Waals surface area contributed by atoms with E-state index in [9.17, 15) is 22.4 Å². The number of anilines is 1. The molecule has 2 aromatic carbocycles. The van der Waals surface area contributed by atoms with Crippen molar-refractivity contribution in [1.29, 1.82) is 0 Å². The van der Waals surface area contributed by atoms with E-state index in [1.165, 1.54) is 23.1 Å². The molecule has 2 atom stereocenters. The number of sulfonamides is 1. The van der Waals surface area contributed by atoms with E-state index in [1.54, 1.807) is 32.2 Å². The van der Waals surface area contributed by atoms with Crippen molar-refractivity contribution >= 4 is 27.5 Å². The molecule has 36 heavy (non-hydrogen) atoms. The standard InChI is InChI=1S/C26H36FN3O5S/c1-6-19(2)28-26(32)20(3)29(18-21-13-15-22(35-4)16-14-21)25(31)12-9-17-30(36(5,33)34)24-11-8-7-10-23(24)27/h7-8,10-11,13-16,19-20H,6,9,12,17-18H2,1-5H3,(H,28,32)/t19-,20-/m0/s1. The van der Waals surface area contributed by atoms with Crippen LogP contribution in [-0.4, -0.2) is 57.1 Å². The third kappa shape index (κ3) is 8.22. The lowest BCUT2D eigenvalue weighted by Crippen LogP contribution is -2.49. The molecule has 0 fully saturated rings. The van der Waals surface area contributed by atoms with Crippen molar-refractivity contribution in [3.05, 3.63) is 59.9 Å². The molecule has 198 valence electrons. The molecular formula is C26H36FN3O5S. The maximum absolute atomic E-state index is 14.3. The van der Waals surface area contributed by atoms with E-state index in [1.807, 2.05) is 26.0 Å². The van der Waals surface area contributed by atoms with Gasteiger partial charge in [-0.3, -0.25) is 13.9 Å². The summed E-state index contributed by atoms with van der Waals surface area (Å²) < 4.78 is 45.1. The molecule has 2 aromatic rings. The first-order valence-electron chi connectivity index (χ1n) is 11.9. The van der Waals surface area contributed by atoms with Crippen LogP contribution in [0.3, 0.4) is 0 Å². The molecule has 0 aromatic heterocycles. The smallest absolute Gasteiger partial charge is 0.242 e. The molecule has 0 aliphatic carbocycles. The van der Waals surface area contributed by atoms with Gasteiger partial charge in [0.05, 0.1) is 19.1 Å². The van der Waals surface area contributed by atoms with Gasteiger partial charge in [-0.05, 0) is 56.5 Å². The number of benzene rings is 2. The molecule has 1 N–H and O–H groups in total. The van der Waals surface area contributed by atoms with Crippen molar-refractivity contribution in [2.24, 2.45) is 0 Å². The van der Waals surface area contributed by atoms with Gasteiger partial charge in [0.25, 0.3) is 0 Å². The van der Waals surface area contributed by atoms with E-state index < -0.39 is 21.9 Å². The molecule has 2 rings (SSSR count). The Morgan fingerprint density at radius 1 is 1.08 bits per heavy atom. The number of para-hydroxylation sites is 1.